The minimum absolute atomic E-state index is 0.00154. The molecule has 0 saturated carbocycles. The van der Waals surface area contributed by atoms with Crippen molar-refractivity contribution in [1.29, 1.82) is 0 Å². The number of aromatic nitrogens is 2. The first-order valence-corrected chi connectivity index (χ1v) is 8.74. The van der Waals surface area contributed by atoms with Crippen LogP contribution >= 0.6 is 0 Å². The summed E-state index contributed by atoms with van der Waals surface area (Å²) < 4.78 is 5.89. The topological polar surface area (TPSA) is 55.3 Å². The van der Waals surface area contributed by atoms with Crippen LogP contribution in [0.25, 0.3) is 0 Å². The number of ether oxygens (including phenoxy) is 1. The summed E-state index contributed by atoms with van der Waals surface area (Å²) in [6, 6.07) is 9.48. The second-order valence-electron chi connectivity index (χ2n) is 7.44. The summed E-state index contributed by atoms with van der Waals surface area (Å²) in [5.41, 5.74) is 1.87. The Morgan fingerprint density at radius 1 is 1.24 bits per heavy atom. The number of para-hydroxylation sites is 1. The second kappa shape index (κ2) is 6.82. The Morgan fingerprint density at radius 2 is 1.96 bits per heavy atom. The molecule has 1 aliphatic rings. The largest absolute Gasteiger partial charge is 0.481 e. The highest BCUT2D eigenvalue weighted by atomic mass is 16.5. The number of amides is 1. The standard InChI is InChI=1S/C20H25N3O2/c1-5-17(25-15-9-7-6-8-10-15)18(24)23-12-14-11-21-19(20(2,3)4)22-16(14)13-23/h6-11,17H,5,12-13H2,1-4H3. The first kappa shape index (κ1) is 17.4. The second-order valence-corrected chi connectivity index (χ2v) is 7.44. The molecule has 0 N–H and O–H groups in total. The van der Waals surface area contributed by atoms with E-state index in [-0.39, 0.29) is 11.3 Å². The first-order chi connectivity index (χ1) is 11.9. The number of carbonyl (C=O) groups excluding carboxylic acids is 1. The minimum Gasteiger partial charge on any atom is -0.481 e. The fourth-order valence-corrected chi connectivity index (χ4v) is 2.85. The summed E-state index contributed by atoms with van der Waals surface area (Å²) in [5.74, 6) is 1.53. The summed E-state index contributed by atoms with van der Waals surface area (Å²) in [6.45, 7) is 9.31. The number of rotatable bonds is 4. The highest BCUT2D eigenvalue weighted by Gasteiger charge is 2.31. The van der Waals surface area contributed by atoms with E-state index in [0.717, 1.165) is 17.1 Å². The van der Waals surface area contributed by atoms with Gasteiger partial charge in [0.2, 0.25) is 0 Å². The van der Waals surface area contributed by atoms with Gasteiger partial charge >= 0.3 is 0 Å². The normalized spacial score (nSPS) is 15.0. The van der Waals surface area contributed by atoms with Gasteiger partial charge < -0.3 is 9.64 Å². The van der Waals surface area contributed by atoms with Gasteiger partial charge in [0, 0.05) is 23.7 Å². The monoisotopic (exact) mass is 339 g/mol. The number of hydrogen-bond acceptors (Lipinski definition) is 4. The van der Waals surface area contributed by atoms with Crippen LogP contribution in [0.4, 0.5) is 0 Å². The Hall–Kier alpha value is -2.43. The van der Waals surface area contributed by atoms with Crippen molar-refractivity contribution in [2.75, 3.05) is 0 Å². The molecule has 25 heavy (non-hydrogen) atoms. The lowest BCUT2D eigenvalue weighted by molar-refractivity contribution is -0.139. The van der Waals surface area contributed by atoms with Gasteiger partial charge in [-0.2, -0.15) is 0 Å². The van der Waals surface area contributed by atoms with Gasteiger partial charge in [0.05, 0.1) is 12.2 Å². The Labute approximate surface area is 149 Å². The zero-order chi connectivity index (χ0) is 18.0. The van der Waals surface area contributed by atoms with Crippen molar-refractivity contribution in [3.8, 4) is 5.75 Å². The van der Waals surface area contributed by atoms with Crippen molar-refractivity contribution in [3.63, 3.8) is 0 Å². The fraction of sp³-hybridized carbons (Fsp3) is 0.450. The van der Waals surface area contributed by atoms with Crippen LogP contribution in [0.3, 0.4) is 0 Å². The summed E-state index contributed by atoms with van der Waals surface area (Å²) in [7, 11) is 0. The van der Waals surface area contributed by atoms with Gasteiger partial charge in [-0.3, -0.25) is 4.79 Å². The van der Waals surface area contributed by atoms with Gasteiger partial charge in [-0.1, -0.05) is 45.9 Å². The Bertz CT molecular complexity index is 753. The van der Waals surface area contributed by atoms with Crippen molar-refractivity contribution in [1.82, 2.24) is 14.9 Å². The van der Waals surface area contributed by atoms with Crippen LogP contribution < -0.4 is 4.74 Å². The van der Waals surface area contributed by atoms with Crippen molar-refractivity contribution in [3.05, 3.63) is 53.6 Å². The molecule has 0 spiro atoms. The van der Waals surface area contributed by atoms with Crippen molar-refractivity contribution in [2.24, 2.45) is 0 Å². The molecule has 5 heteroatoms. The van der Waals surface area contributed by atoms with E-state index in [1.54, 1.807) is 0 Å². The molecule has 132 valence electrons. The molecule has 1 atom stereocenters. The molecular formula is C20H25N3O2. The van der Waals surface area contributed by atoms with Gasteiger partial charge in [-0.15, -0.1) is 0 Å². The molecule has 1 aromatic heterocycles. The number of fused-ring (bicyclic) bond motifs is 1. The Morgan fingerprint density at radius 3 is 2.60 bits per heavy atom. The molecule has 1 amide bonds. The molecular weight excluding hydrogens is 314 g/mol. The van der Waals surface area contributed by atoms with Crippen LogP contribution in [0.2, 0.25) is 0 Å². The number of carbonyl (C=O) groups is 1. The van der Waals surface area contributed by atoms with Crippen molar-refractivity contribution >= 4 is 5.91 Å². The van der Waals surface area contributed by atoms with Crippen LogP contribution in [0.1, 0.15) is 51.2 Å². The maximum Gasteiger partial charge on any atom is 0.264 e. The SMILES string of the molecule is CCC(Oc1ccccc1)C(=O)N1Cc2cnc(C(C)(C)C)nc2C1. The fourth-order valence-electron chi connectivity index (χ4n) is 2.85. The number of nitrogens with zero attached hydrogens (tertiary/aromatic N) is 3. The maximum atomic E-state index is 12.9. The molecule has 0 bridgehead atoms. The molecule has 5 nitrogen and oxygen atoms in total. The van der Waals surface area contributed by atoms with Gasteiger partial charge in [0.15, 0.2) is 6.10 Å². The van der Waals surface area contributed by atoms with E-state index in [2.05, 4.69) is 30.7 Å². The summed E-state index contributed by atoms with van der Waals surface area (Å²) in [6.07, 6.45) is 2.00. The van der Waals surface area contributed by atoms with Gasteiger partial charge in [0.1, 0.15) is 11.6 Å². The molecule has 2 aromatic rings. The molecule has 0 aliphatic carbocycles. The number of benzene rings is 1. The van der Waals surface area contributed by atoms with E-state index < -0.39 is 6.10 Å². The maximum absolute atomic E-state index is 12.9. The molecule has 0 fully saturated rings. The van der Waals surface area contributed by atoms with Crippen molar-refractivity contribution in [2.45, 2.75) is 58.7 Å². The predicted molar refractivity (Wildman–Crippen MR) is 96.1 cm³/mol. The smallest absolute Gasteiger partial charge is 0.264 e. The highest BCUT2D eigenvalue weighted by Crippen LogP contribution is 2.26. The summed E-state index contributed by atoms with van der Waals surface area (Å²) in [5, 5.41) is 0. The first-order valence-electron chi connectivity index (χ1n) is 8.74. The zero-order valence-corrected chi connectivity index (χ0v) is 15.3. The molecule has 1 unspecified atom stereocenters. The average Bonchev–Trinajstić information content (AvgIpc) is 3.02. The van der Waals surface area contributed by atoms with E-state index in [4.69, 9.17) is 4.74 Å². The van der Waals surface area contributed by atoms with Crippen LogP contribution in [0.5, 0.6) is 5.75 Å². The van der Waals surface area contributed by atoms with Gasteiger partial charge in [-0.25, -0.2) is 9.97 Å². The van der Waals surface area contributed by atoms with Gasteiger partial charge in [-0.05, 0) is 18.6 Å². The van der Waals surface area contributed by atoms with Gasteiger partial charge in [0.25, 0.3) is 5.91 Å². The van der Waals surface area contributed by atoms with E-state index >= 15 is 0 Å². The Balaban J connectivity index is 1.72. The zero-order valence-electron chi connectivity index (χ0n) is 15.3. The highest BCUT2D eigenvalue weighted by molar-refractivity contribution is 5.81. The predicted octanol–water partition coefficient (Wildman–Crippen LogP) is 3.47. The van der Waals surface area contributed by atoms with E-state index in [0.29, 0.717) is 25.3 Å². The molecule has 0 saturated heterocycles. The molecule has 3 rings (SSSR count). The molecule has 2 heterocycles. The van der Waals surface area contributed by atoms with Crippen molar-refractivity contribution < 1.29 is 9.53 Å². The van der Waals surface area contributed by atoms with Crippen LogP contribution in [-0.2, 0) is 23.3 Å². The van der Waals surface area contributed by atoms with Crippen LogP contribution in [-0.4, -0.2) is 26.9 Å². The van der Waals surface area contributed by atoms with E-state index in [1.807, 2.05) is 48.4 Å². The van der Waals surface area contributed by atoms with Crippen LogP contribution in [0, 0.1) is 0 Å². The third-order valence-corrected chi connectivity index (χ3v) is 4.31. The summed E-state index contributed by atoms with van der Waals surface area (Å²) in [4.78, 5) is 23.8. The van der Waals surface area contributed by atoms with Crippen LogP contribution in [0.15, 0.2) is 36.5 Å². The number of hydrogen-bond donors (Lipinski definition) is 0. The van der Waals surface area contributed by atoms with E-state index in [1.165, 1.54) is 0 Å². The molecule has 1 aliphatic heterocycles. The quantitative estimate of drug-likeness (QED) is 0.856. The lowest BCUT2D eigenvalue weighted by atomic mass is 9.95. The lowest BCUT2D eigenvalue weighted by Crippen LogP contribution is -2.38. The lowest BCUT2D eigenvalue weighted by Gasteiger charge is -2.23. The Kier molecular flexibility index (Phi) is 4.75. The third-order valence-electron chi connectivity index (χ3n) is 4.31. The molecule has 0 radical (unpaired) electrons. The average molecular weight is 339 g/mol. The molecule has 1 aromatic carbocycles. The van der Waals surface area contributed by atoms with E-state index in [9.17, 15) is 4.79 Å². The minimum atomic E-state index is -0.480. The summed E-state index contributed by atoms with van der Waals surface area (Å²) >= 11 is 0. The third kappa shape index (κ3) is 3.81.